The molecule has 2 rings (SSSR count). The molecule has 0 bridgehead atoms. The molecular formula is C19H19Cl2F5NOP. The second-order valence-corrected chi connectivity index (χ2v) is 7.06. The van der Waals surface area contributed by atoms with E-state index >= 15 is 0 Å². The van der Waals surface area contributed by atoms with E-state index in [1.165, 1.54) is 37.4 Å². The highest BCUT2D eigenvalue weighted by atomic mass is 35.5. The van der Waals surface area contributed by atoms with Gasteiger partial charge in [-0.05, 0) is 48.9 Å². The summed E-state index contributed by atoms with van der Waals surface area (Å²) in [5, 5.41) is 0.542. The normalized spacial score (nSPS) is 11.4. The summed E-state index contributed by atoms with van der Waals surface area (Å²) in [7, 11) is -1.83. The Morgan fingerprint density at radius 2 is 1.72 bits per heavy atom. The van der Waals surface area contributed by atoms with Crippen molar-refractivity contribution in [1.29, 1.82) is 0 Å². The molecule has 1 unspecified atom stereocenters. The molecular weight excluding hydrogens is 455 g/mol. The van der Waals surface area contributed by atoms with Crippen molar-refractivity contribution in [1.82, 2.24) is 0 Å². The molecule has 1 atom stereocenters. The van der Waals surface area contributed by atoms with Crippen LogP contribution in [0.3, 0.4) is 0 Å². The zero-order chi connectivity index (χ0) is 22.6. The first-order chi connectivity index (χ1) is 13.7. The van der Waals surface area contributed by atoms with Gasteiger partial charge in [-0.3, -0.25) is 4.79 Å². The van der Waals surface area contributed by atoms with Gasteiger partial charge in [-0.25, -0.2) is 13.2 Å². The van der Waals surface area contributed by atoms with Gasteiger partial charge in [0.1, 0.15) is 5.82 Å². The van der Waals surface area contributed by atoms with Crippen LogP contribution in [0, 0.1) is 12.7 Å². The fraction of sp³-hybridized carbons (Fsp3) is 0.211. The maximum absolute atomic E-state index is 13.6. The number of halogens is 7. The average molecular weight is 474 g/mol. The minimum absolute atomic E-state index is 0.0814. The van der Waals surface area contributed by atoms with E-state index in [0.717, 1.165) is 6.07 Å². The Hall–Kier alpha value is -1.53. The Morgan fingerprint density at radius 1 is 1.14 bits per heavy atom. The third kappa shape index (κ3) is 8.79. The van der Waals surface area contributed by atoms with Gasteiger partial charge in [0.05, 0.1) is 21.3 Å². The first-order valence-corrected chi connectivity index (χ1v) is 9.88. The van der Waals surface area contributed by atoms with Crippen LogP contribution >= 0.6 is 31.7 Å². The number of carbonyl (C=O) groups excluding carboxylic acids is 1. The number of carbonyl (C=O) groups is 1. The van der Waals surface area contributed by atoms with Gasteiger partial charge in [-0.1, -0.05) is 47.5 Å². The molecule has 10 heteroatoms. The Balaban J connectivity index is 0.00000143. The molecule has 2 aromatic carbocycles. The summed E-state index contributed by atoms with van der Waals surface area (Å²) in [6.45, 7) is -0.0647. The monoisotopic (exact) mass is 473 g/mol. The Labute approximate surface area is 177 Å². The van der Waals surface area contributed by atoms with E-state index in [2.05, 4.69) is 5.73 Å². The number of hydrogen-bond donors (Lipinski definition) is 1. The lowest BCUT2D eigenvalue weighted by Gasteiger charge is -2.13. The number of rotatable bonds is 5. The van der Waals surface area contributed by atoms with Gasteiger partial charge in [0.25, 0.3) is 8.54 Å². The standard InChI is InChI=1S/C17H12Cl2F3OP.CH2F2.CH5N/c1-10-6-13(8-14(18)17(10)19)16(24(21)22)5-3-11-2-4-12(9-23)15(20)7-11;2-1-3;1-2/h2-9,16H,1H3;1H2;2H2,1H3/b5-3+;;. The fourth-order valence-electron chi connectivity index (χ4n) is 2.16. The Kier molecular flexibility index (Phi) is 13.7. The lowest BCUT2D eigenvalue weighted by Crippen LogP contribution is -1.93. The smallest absolute Gasteiger partial charge is 0.277 e. The summed E-state index contributed by atoms with van der Waals surface area (Å²) in [5.74, 6) is -0.697. The summed E-state index contributed by atoms with van der Waals surface area (Å²) in [6, 6.07) is 6.88. The molecule has 160 valence electrons. The summed E-state index contributed by atoms with van der Waals surface area (Å²) in [4.78, 5) is 10.6. The van der Waals surface area contributed by atoms with Gasteiger partial charge in [0.2, 0.25) is 6.93 Å². The van der Waals surface area contributed by atoms with Crippen molar-refractivity contribution in [3.05, 3.63) is 74.5 Å². The van der Waals surface area contributed by atoms with Crippen LogP contribution in [0.1, 0.15) is 32.7 Å². The Morgan fingerprint density at radius 3 is 2.17 bits per heavy atom. The maximum Gasteiger partial charge on any atom is 0.277 e. The van der Waals surface area contributed by atoms with Crippen LogP contribution in [-0.4, -0.2) is 20.3 Å². The van der Waals surface area contributed by atoms with Gasteiger partial charge in [0, 0.05) is 0 Å². The molecule has 0 spiro atoms. The second kappa shape index (κ2) is 14.5. The van der Waals surface area contributed by atoms with Crippen LogP contribution in [-0.2, 0) is 0 Å². The molecule has 0 heterocycles. The van der Waals surface area contributed by atoms with Crippen molar-refractivity contribution in [2.45, 2.75) is 12.6 Å². The largest absolute Gasteiger partial charge is 0.333 e. The molecule has 0 radical (unpaired) electrons. The van der Waals surface area contributed by atoms with Crippen LogP contribution in [0.2, 0.25) is 10.0 Å². The van der Waals surface area contributed by atoms with Gasteiger partial charge in [-0.15, -0.1) is 0 Å². The molecule has 2 aromatic rings. The van der Waals surface area contributed by atoms with Crippen molar-refractivity contribution >= 4 is 44.1 Å². The van der Waals surface area contributed by atoms with Crippen LogP contribution in [0.25, 0.3) is 6.08 Å². The van der Waals surface area contributed by atoms with Crippen LogP contribution in [0.15, 0.2) is 36.4 Å². The predicted octanol–water partition coefficient (Wildman–Crippen LogP) is 7.72. The maximum atomic E-state index is 13.6. The van der Waals surface area contributed by atoms with E-state index in [-0.39, 0.29) is 10.6 Å². The van der Waals surface area contributed by atoms with Crippen molar-refractivity contribution in [3.63, 3.8) is 0 Å². The highest BCUT2D eigenvalue weighted by Gasteiger charge is 2.22. The number of benzene rings is 2. The molecule has 0 aliphatic carbocycles. The van der Waals surface area contributed by atoms with Gasteiger partial charge < -0.3 is 5.73 Å². The summed E-state index contributed by atoms with van der Waals surface area (Å²) >= 11 is 11.9. The van der Waals surface area contributed by atoms with Crippen LogP contribution in [0.4, 0.5) is 21.6 Å². The third-order valence-electron chi connectivity index (χ3n) is 3.41. The van der Waals surface area contributed by atoms with Crippen molar-refractivity contribution in [3.8, 4) is 0 Å². The topological polar surface area (TPSA) is 43.1 Å². The second-order valence-electron chi connectivity index (χ2n) is 5.20. The molecule has 0 saturated heterocycles. The van der Waals surface area contributed by atoms with Crippen molar-refractivity contribution < 1.29 is 26.4 Å². The molecule has 0 aliphatic heterocycles. The summed E-state index contributed by atoms with van der Waals surface area (Å²) in [5.41, 5.74) is 4.61. The number of hydrogen-bond acceptors (Lipinski definition) is 2. The molecule has 0 saturated carbocycles. The van der Waals surface area contributed by atoms with Gasteiger partial charge >= 0.3 is 0 Å². The minimum atomic E-state index is -3.33. The summed E-state index contributed by atoms with van der Waals surface area (Å²) < 4.78 is 59.7. The SMILES string of the molecule is CN.Cc1cc(C(/C=C/c2ccc(C=O)c(F)c2)P(F)F)cc(Cl)c1Cl.FCF. The van der Waals surface area contributed by atoms with Gasteiger partial charge in [0.15, 0.2) is 6.29 Å². The number of allylic oxidation sites excluding steroid dienone is 1. The van der Waals surface area contributed by atoms with Crippen LogP contribution in [0.5, 0.6) is 0 Å². The predicted molar refractivity (Wildman–Crippen MR) is 111 cm³/mol. The first kappa shape index (κ1) is 27.5. The number of aryl methyl sites for hydroxylation is 1. The van der Waals surface area contributed by atoms with Crippen molar-refractivity contribution in [2.75, 3.05) is 14.0 Å². The van der Waals surface area contributed by atoms with E-state index in [0.29, 0.717) is 28.0 Å². The van der Waals surface area contributed by atoms with Crippen LogP contribution < -0.4 is 5.73 Å². The van der Waals surface area contributed by atoms with E-state index in [1.54, 1.807) is 13.0 Å². The molecule has 0 aliphatic rings. The van der Waals surface area contributed by atoms with Crippen molar-refractivity contribution in [2.24, 2.45) is 5.73 Å². The number of alkyl halides is 2. The lowest BCUT2D eigenvalue weighted by atomic mass is 10.1. The molecule has 0 amide bonds. The van der Waals surface area contributed by atoms with Gasteiger partial charge in [-0.2, -0.15) is 8.39 Å². The number of aldehydes is 1. The van der Waals surface area contributed by atoms with E-state index in [4.69, 9.17) is 23.2 Å². The zero-order valence-electron chi connectivity index (χ0n) is 15.5. The fourth-order valence-corrected chi connectivity index (χ4v) is 3.13. The highest BCUT2D eigenvalue weighted by molar-refractivity contribution is 7.47. The van der Waals surface area contributed by atoms with E-state index in [1.807, 2.05) is 0 Å². The molecule has 29 heavy (non-hydrogen) atoms. The first-order valence-electron chi connectivity index (χ1n) is 7.94. The molecule has 0 fully saturated rings. The average Bonchev–Trinajstić information content (AvgIpc) is 2.68. The highest BCUT2D eigenvalue weighted by Crippen LogP contribution is 2.55. The van der Waals surface area contributed by atoms with E-state index in [9.17, 15) is 26.4 Å². The quantitative estimate of drug-likeness (QED) is 0.274. The lowest BCUT2D eigenvalue weighted by molar-refractivity contribution is 0.112. The molecule has 0 aromatic heterocycles. The minimum Gasteiger partial charge on any atom is -0.333 e. The number of nitrogens with two attached hydrogens (primary N) is 1. The Bertz CT molecular complexity index is 798. The molecule has 2 N–H and O–H groups in total. The van der Waals surface area contributed by atoms with E-state index < -0.39 is 26.9 Å². The summed E-state index contributed by atoms with van der Waals surface area (Å²) in [6.07, 6.45) is 3.10. The molecule has 2 nitrogen and oxygen atoms in total. The third-order valence-corrected chi connectivity index (χ3v) is 5.19. The zero-order valence-corrected chi connectivity index (χ0v) is 17.9.